The number of hydrogen-bond acceptors (Lipinski definition) is 4. The third-order valence-electron chi connectivity index (χ3n) is 0.653. The highest BCUT2D eigenvalue weighted by atomic mass is 31.1. The van der Waals surface area contributed by atoms with Gasteiger partial charge in [0.1, 0.15) is 5.94 Å². The van der Waals surface area contributed by atoms with Gasteiger partial charge in [-0.05, 0) is 0 Å². The standard InChI is InChI=1S/C4H7O5P/c1-8-4(2-3-5)9-10(6)7/h2,4,10H,1H3,(H,6,7). The molecule has 0 aromatic rings. The molecule has 0 bridgehead atoms. The van der Waals surface area contributed by atoms with Crippen LogP contribution in [0.25, 0.3) is 0 Å². The quantitative estimate of drug-likeness (QED) is 0.354. The van der Waals surface area contributed by atoms with Crippen LogP contribution in [0.15, 0.2) is 6.08 Å². The van der Waals surface area contributed by atoms with Gasteiger partial charge in [0.25, 0.3) is 0 Å². The van der Waals surface area contributed by atoms with Crippen LogP contribution in [0.1, 0.15) is 0 Å². The van der Waals surface area contributed by atoms with Crippen LogP contribution in [-0.2, 0) is 18.6 Å². The van der Waals surface area contributed by atoms with E-state index in [4.69, 9.17) is 4.89 Å². The van der Waals surface area contributed by atoms with E-state index in [2.05, 4.69) is 9.26 Å². The Bertz CT molecular complexity index is 161. The Kier molecular flexibility index (Phi) is 5.12. The van der Waals surface area contributed by atoms with Gasteiger partial charge in [0.15, 0.2) is 6.29 Å². The Hall–Kier alpha value is -0.440. The van der Waals surface area contributed by atoms with Crippen molar-refractivity contribution in [2.75, 3.05) is 7.11 Å². The minimum atomic E-state index is -3.05. The molecule has 0 radical (unpaired) electrons. The summed E-state index contributed by atoms with van der Waals surface area (Å²) in [5.41, 5.74) is 0. The second-order valence-electron chi connectivity index (χ2n) is 1.27. The van der Waals surface area contributed by atoms with E-state index in [0.29, 0.717) is 0 Å². The average Bonchev–Trinajstić information content (AvgIpc) is 1.86. The zero-order chi connectivity index (χ0) is 7.98. The summed E-state index contributed by atoms with van der Waals surface area (Å²) in [5.74, 6) is 1.37. The summed E-state index contributed by atoms with van der Waals surface area (Å²) in [6.45, 7) is 0. The zero-order valence-electron chi connectivity index (χ0n) is 5.23. The Labute approximate surface area is 58.2 Å². The van der Waals surface area contributed by atoms with Crippen molar-refractivity contribution in [3.05, 3.63) is 6.08 Å². The maximum Gasteiger partial charge on any atom is 0.319 e. The zero-order valence-corrected chi connectivity index (χ0v) is 6.23. The molecule has 0 fully saturated rings. The van der Waals surface area contributed by atoms with Gasteiger partial charge in [-0.15, -0.1) is 0 Å². The smallest absolute Gasteiger partial charge is 0.319 e. The summed E-state index contributed by atoms with van der Waals surface area (Å²) >= 11 is 0. The molecular formula is C4H7O5P. The fraction of sp³-hybridized carbons (Fsp3) is 0.500. The fourth-order valence-corrected chi connectivity index (χ4v) is 0.668. The van der Waals surface area contributed by atoms with Gasteiger partial charge in [-0.3, -0.25) is 9.09 Å². The predicted molar refractivity (Wildman–Crippen MR) is 33.4 cm³/mol. The van der Waals surface area contributed by atoms with Crippen molar-refractivity contribution >= 4 is 14.2 Å². The Morgan fingerprint density at radius 1 is 1.80 bits per heavy atom. The Morgan fingerprint density at radius 3 is 2.70 bits per heavy atom. The van der Waals surface area contributed by atoms with Gasteiger partial charge in [0, 0.05) is 7.11 Å². The number of ether oxygens (including phenoxy) is 1. The molecule has 58 valence electrons. The number of carbonyl (C=O) groups excluding carboxylic acids is 1. The van der Waals surface area contributed by atoms with Crippen molar-refractivity contribution in [1.29, 1.82) is 0 Å². The van der Waals surface area contributed by atoms with Gasteiger partial charge in [-0.1, -0.05) is 0 Å². The minimum absolute atomic E-state index is 0.860. The normalized spacial score (nSPS) is 15.4. The van der Waals surface area contributed by atoms with Crippen molar-refractivity contribution in [3.63, 3.8) is 0 Å². The molecule has 6 heteroatoms. The van der Waals surface area contributed by atoms with E-state index in [1.165, 1.54) is 13.1 Å². The molecule has 0 aromatic heterocycles. The number of hydrogen-bond donors (Lipinski definition) is 1. The van der Waals surface area contributed by atoms with Gasteiger partial charge in [0.05, 0.1) is 6.08 Å². The second kappa shape index (κ2) is 5.35. The summed E-state index contributed by atoms with van der Waals surface area (Å²) in [4.78, 5) is 17.8. The van der Waals surface area contributed by atoms with E-state index in [1.54, 1.807) is 0 Å². The molecule has 1 N–H and O–H groups in total. The average molecular weight is 166 g/mol. The molecule has 2 atom stereocenters. The SMILES string of the molecule is COC(C=C=O)O[PH](=O)O. The van der Waals surface area contributed by atoms with Crippen LogP contribution < -0.4 is 0 Å². The van der Waals surface area contributed by atoms with Crippen molar-refractivity contribution in [3.8, 4) is 0 Å². The largest absolute Gasteiger partial charge is 0.351 e. The van der Waals surface area contributed by atoms with Gasteiger partial charge in [-0.25, -0.2) is 4.79 Å². The molecule has 0 aliphatic carbocycles. The molecular weight excluding hydrogens is 159 g/mol. The van der Waals surface area contributed by atoms with Crippen molar-refractivity contribution in [2.24, 2.45) is 0 Å². The van der Waals surface area contributed by atoms with Gasteiger partial charge < -0.3 is 9.63 Å². The first kappa shape index (κ1) is 9.56. The highest BCUT2D eigenvalue weighted by Gasteiger charge is 2.04. The minimum Gasteiger partial charge on any atom is -0.351 e. The first-order valence-electron chi connectivity index (χ1n) is 2.34. The highest BCUT2D eigenvalue weighted by molar-refractivity contribution is 7.32. The molecule has 0 rings (SSSR count). The van der Waals surface area contributed by atoms with E-state index in [0.717, 1.165) is 6.08 Å². The fourth-order valence-electron chi connectivity index (χ4n) is 0.305. The van der Waals surface area contributed by atoms with Crippen LogP contribution in [-0.4, -0.2) is 24.2 Å². The molecule has 2 unspecified atom stereocenters. The molecule has 10 heavy (non-hydrogen) atoms. The third kappa shape index (κ3) is 4.44. The Balaban J connectivity index is 3.82. The monoisotopic (exact) mass is 166 g/mol. The van der Waals surface area contributed by atoms with Crippen LogP contribution in [0.4, 0.5) is 0 Å². The lowest BCUT2D eigenvalue weighted by atomic mass is 10.6. The molecule has 0 saturated carbocycles. The second-order valence-corrected chi connectivity index (χ2v) is 2.04. The molecule has 0 saturated heterocycles. The third-order valence-corrected chi connectivity index (χ3v) is 1.09. The first-order chi connectivity index (χ1) is 4.70. The van der Waals surface area contributed by atoms with E-state index < -0.39 is 14.5 Å². The summed E-state index contributed by atoms with van der Waals surface area (Å²) in [6, 6.07) is 0. The molecule has 0 aliphatic heterocycles. The van der Waals surface area contributed by atoms with E-state index in [1.807, 2.05) is 0 Å². The van der Waals surface area contributed by atoms with E-state index in [9.17, 15) is 9.36 Å². The lowest BCUT2D eigenvalue weighted by molar-refractivity contribution is -0.0161. The van der Waals surface area contributed by atoms with Crippen LogP contribution >= 0.6 is 8.25 Å². The van der Waals surface area contributed by atoms with Crippen LogP contribution in [0, 0.1) is 0 Å². The van der Waals surface area contributed by atoms with Gasteiger partial charge >= 0.3 is 8.25 Å². The Morgan fingerprint density at radius 2 is 2.40 bits per heavy atom. The number of rotatable bonds is 4. The topological polar surface area (TPSA) is 72.8 Å². The van der Waals surface area contributed by atoms with Crippen LogP contribution in [0.3, 0.4) is 0 Å². The van der Waals surface area contributed by atoms with Crippen LogP contribution in [0.2, 0.25) is 0 Å². The lowest BCUT2D eigenvalue weighted by Crippen LogP contribution is -2.07. The lowest BCUT2D eigenvalue weighted by Gasteiger charge is -2.05. The highest BCUT2D eigenvalue weighted by Crippen LogP contribution is 2.18. The molecule has 0 heterocycles. The van der Waals surface area contributed by atoms with Crippen molar-refractivity contribution < 1.29 is 23.5 Å². The molecule has 0 amide bonds. The van der Waals surface area contributed by atoms with Crippen molar-refractivity contribution in [2.45, 2.75) is 6.29 Å². The number of methoxy groups -OCH3 is 1. The maximum absolute atomic E-state index is 9.98. The molecule has 0 spiro atoms. The van der Waals surface area contributed by atoms with Gasteiger partial charge in [0.2, 0.25) is 0 Å². The van der Waals surface area contributed by atoms with E-state index in [-0.39, 0.29) is 0 Å². The van der Waals surface area contributed by atoms with Crippen LogP contribution in [0.5, 0.6) is 0 Å². The maximum atomic E-state index is 9.98. The summed E-state index contributed by atoms with van der Waals surface area (Å²) in [5, 5.41) is 0. The first-order valence-corrected chi connectivity index (χ1v) is 3.60. The molecule has 0 aliphatic rings. The van der Waals surface area contributed by atoms with Gasteiger partial charge in [-0.2, -0.15) is 0 Å². The molecule has 0 aromatic carbocycles. The van der Waals surface area contributed by atoms with E-state index >= 15 is 0 Å². The van der Waals surface area contributed by atoms with Crippen molar-refractivity contribution in [1.82, 2.24) is 0 Å². The summed E-state index contributed by atoms with van der Waals surface area (Å²) in [6.07, 6.45) is -0.215. The summed E-state index contributed by atoms with van der Waals surface area (Å²) < 4.78 is 18.6. The predicted octanol–water partition coefficient (Wildman–Crippen LogP) is -0.255. The summed E-state index contributed by atoms with van der Waals surface area (Å²) in [7, 11) is -1.81. The molecule has 5 nitrogen and oxygen atoms in total.